The second-order valence-corrected chi connectivity index (χ2v) is 7.12. The molecule has 2 fully saturated rings. The van der Waals surface area contributed by atoms with E-state index >= 15 is 0 Å². The lowest BCUT2D eigenvalue weighted by Gasteiger charge is -2.28. The van der Waals surface area contributed by atoms with Crippen molar-refractivity contribution in [3.63, 3.8) is 0 Å². The van der Waals surface area contributed by atoms with Crippen LogP contribution in [0.2, 0.25) is 0 Å². The van der Waals surface area contributed by atoms with Gasteiger partial charge in [-0.1, -0.05) is 12.8 Å². The van der Waals surface area contributed by atoms with Gasteiger partial charge in [-0.15, -0.1) is 0 Å². The zero-order valence-corrected chi connectivity index (χ0v) is 14.0. The predicted molar refractivity (Wildman–Crippen MR) is 86.1 cm³/mol. The van der Waals surface area contributed by atoms with Crippen LogP contribution in [0, 0.1) is 4.77 Å². The highest BCUT2D eigenvalue weighted by Gasteiger charge is 2.36. The molecule has 2 saturated carbocycles. The zero-order chi connectivity index (χ0) is 16.9. The van der Waals surface area contributed by atoms with Gasteiger partial charge in [0.15, 0.2) is 5.65 Å². The molecule has 24 heavy (non-hydrogen) atoms. The van der Waals surface area contributed by atoms with Crippen molar-refractivity contribution >= 4 is 17.9 Å². The van der Waals surface area contributed by atoms with Gasteiger partial charge in [0.05, 0.1) is 12.2 Å². The number of alkyl halides is 3. The molecule has 0 radical (unpaired) electrons. The Kier molecular flexibility index (Phi) is 3.91. The molecule has 0 bridgehead atoms. The van der Waals surface area contributed by atoms with Crippen LogP contribution < -0.4 is 0 Å². The molecular weight excluding hydrogens is 337 g/mol. The van der Waals surface area contributed by atoms with Crippen molar-refractivity contribution in [3.05, 3.63) is 28.7 Å². The van der Waals surface area contributed by atoms with Crippen LogP contribution in [0.25, 0.3) is 5.65 Å². The molecule has 0 amide bonds. The van der Waals surface area contributed by atoms with Gasteiger partial charge in [-0.2, -0.15) is 18.3 Å². The van der Waals surface area contributed by atoms with Crippen LogP contribution in [-0.4, -0.2) is 31.2 Å². The Bertz CT molecular complexity index is 800. The average Bonchev–Trinajstić information content (AvgIpc) is 3.13. The molecule has 2 heterocycles. The lowest BCUT2D eigenvalue weighted by Crippen LogP contribution is -2.37. The summed E-state index contributed by atoms with van der Waals surface area (Å²) < 4.78 is 42.0. The molecule has 2 aromatic heterocycles. The number of nitrogens with zero attached hydrogens (tertiary/aromatic N) is 4. The largest absolute Gasteiger partial charge is 0.417 e. The van der Waals surface area contributed by atoms with Gasteiger partial charge >= 0.3 is 6.18 Å². The third-order valence-electron chi connectivity index (χ3n) is 5.01. The highest BCUT2D eigenvalue weighted by Crippen LogP contribution is 2.35. The first-order valence-electron chi connectivity index (χ1n) is 8.35. The van der Waals surface area contributed by atoms with Gasteiger partial charge in [0.2, 0.25) is 4.77 Å². The van der Waals surface area contributed by atoms with E-state index in [9.17, 15) is 13.2 Å². The Morgan fingerprint density at radius 3 is 2.42 bits per heavy atom. The Balaban J connectivity index is 1.66. The van der Waals surface area contributed by atoms with Gasteiger partial charge in [-0.25, -0.2) is 4.68 Å². The third-order valence-corrected chi connectivity index (χ3v) is 5.42. The topological polar surface area (TPSA) is 25.5 Å². The van der Waals surface area contributed by atoms with E-state index in [1.54, 1.807) is 4.68 Å². The van der Waals surface area contributed by atoms with Gasteiger partial charge in [0.1, 0.15) is 0 Å². The minimum atomic E-state index is -4.38. The number of aromatic nitrogens is 3. The van der Waals surface area contributed by atoms with E-state index in [0.717, 1.165) is 12.3 Å². The lowest BCUT2D eigenvalue weighted by molar-refractivity contribution is -0.137. The first-order chi connectivity index (χ1) is 11.4. The molecule has 0 aromatic carbocycles. The van der Waals surface area contributed by atoms with Crippen molar-refractivity contribution in [1.82, 2.24) is 19.1 Å². The Hall–Kier alpha value is -1.41. The van der Waals surface area contributed by atoms with E-state index in [-0.39, 0.29) is 0 Å². The fourth-order valence-electron chi connectivity index (χ4n) is 3.60. The van der Waals surface area contributed by atoms with E-state index in [1.165, 1.54) is 49.0 Å². The van der Waals surface area contributed by atoms with Crippen molar-refractivity contribution in [2.75, 3.05) is 0 Å². The zero-order valence-electron chi connectivity index (χ0n) is 13.2. The quantitative estimate of drug-likeness (QED) is 0.766. The van der Waals surface area contributed by atoms with Crippen LogP contribution in [0.4, 0.5) is 13.2 Å². The van der Waals surface area contributed by atoms with Gasteiger partial charge in [0, 0.05) is 18.3 Å². The molecule has 4 nitrogen and oxygen atoms in total. The summed E-state index contributed by atoms with van der Waals surface area (Å²) in [5.41, 5.74) is -0.254. The molecule has 130 valence electrons. The van der Waals surface area contributed by atoms with E-state index < -0.39 is 11.7 Å². The Morgan fingerprint density at radius 2 is 1.79 bits per heavy atom. The fraction of sp³-hybridized carbons (Fsp3) is 0.625. The monoisotopic (exact) mass is 356 g/mol. The van der Waals surface area contributed by atoms with Crippen molar-refractivity contribution in [2.24, 2.45) is 0 Å². The number of pyridine rings is 1. The standard InChI is InChI=1S/C16H19F3N4S/c17-16(18,19)11-5-8-14-20-23(15(24)21(14)9-11)10-22(13-6-7-13)12-3-1-2-4-12/h5,8-9,12-13H,1-4,6-7,10H2. The molecule has 0 aliphatic heterocycles. The molecule has 8 heteroatoms. The summed E-state index contributed by atoms with van der Waals surface area (Å²) in [5.74, 6) is 0. The number of hydrogen-bond donors (Lipinski definition) is 0. The second kappa shape index (κ2) is 5.84. The first kappa shape index (κ1) is 16.1. The average molecular weight is 356 g/mol. The molecule has 0 unspecified atom stereocenters. The maximum atomic E-state index is 12.9. The van der Waals surface area contributed by atoms with Gasteiger partial charge in [0.25, 0.3) is 0 Å². The highest BCUT2D eigenvalue weighted by atomic mass is 32.1. The van der Waals surface area contributed by atoms with E-state index in [2.05, 4.69) is 10.00 Å². The first-order valence-corrected chi connectivity index (χ1v) is 8.76. The molecule has 0 spiro atoms. The van der Waals surface area contributed by atoms with Crippen LogP contribution in [0.3, 0.4) is 0 Å². The molecule has 0 atom stereocenters. The normalized spacial score (nSPS) is 19.7. The van der Waals surface area contributed by atoms with E-state index in [0.29, 0.717) is 29.2 Å². The number of rotatable bonds is 4. The van der Waals surface area contributed by atoms with Crippen molar-refractivity contribution in [1.29, 1.82) is 0 Å². The van der Waals surface area contributed by atoms with Crippen LogP contribution >= 0.6 is 12.2 Å². The van der Waals surface area contributed by atoms with Crippen LogP contribution in [0.1, 0.15) is 44.1 Å². The maximum Gasteiger partial charge on any atom is 0.417 e. The van der Waals surface area contributed by atoms with Crippen molar-refractivity contribution in [2.45, 2.75) is 63.5 Å². The number of hydrogen-bond acceptors (Lipinski definition) is 3. The van der Waals surface area contributed by atoms with Crippen LogP contribution in [-0.2, 0) is 12.8 Å². The van der Waals surface area contributed by atoms with Crippen molar-refractivity contribution < 1.29 is 13.2 Å². The summed E-state index contributed by atoms with van der Waals surface area (Å²) in [4.78, 5) is 2.44. The van der Waals surface area contributed by atoms with Gasteiger partial charge in [-0.05, 0) is 50.0 Å². The molecule has 0 N–H and O–H groups in total. The maximum absolute atomic E-state index is 12.9. The molecule has 2 aromatic rings. The summed E-state index contributed by atoms with van der Waals surface area (Å²) in [7, 11) is 0. The van der Waals surface area contributed by atoms with Gasteiger partial charge < -0.3 is 0 Å². The van der Waals surface area contributed by atoms with Crippen molar-refractivity contribution in [3.8, 4) is 0 Å². The molecular formula is C16H19F3N4S. The number of halogens is 3. The highest BCUT2D eigenvalue weighted by molar-refractivity contribution is 7.71. The molecule has 2 aliphatic rings. The minimum absolute atomic E-state index is 0.319. The Morgan fingerprint density at radius 1 is 1.12 bits per heavy atom. The SMILES string of the molecule is FC(F)(F)c1ccc2nn(CN(C3CCCC3)C3CC3)c(=S)n2c1. The smallest absolute Gasteiger partial charge is 0.278 e. The molecule has 4 rings (SSSR count). The van der Waals surface area contributed by atoms with Crippen LogP contribution in [0.15, 0.2) is 18.3 Å². The summed E-state index contributed by atoms with van der Waals surface area (Å²) in [6, 6.07) is 3.56. The predicted octanol–water partition coefficient (Wildman–Crippen LogP) is 4.25. The van der Waals surface area contributed by atoms with E-state index in [4.69, 9.17) is 12.2 Å². The van der Waals surface area contributed by atoms with Crippen LogP contribution in [0.5, 0.6) is 0 Å². The number of fused-ring (bicyclic) bond motifs is 1. The summed E-state index contributed by atoms with van der Waals surface area (Å²) >= 11 is 5.38. The third kappa shape index (κ3) is 2.97. The van der Waals surface area contributed by atoms with Gasteiger partial charge in [-0.3, -0.25) is 9.30 Å². The summed E-state index contributed by atoms with van der Waals surface area (Å²) in [5, 5.41) is 4.42. The summed E-state index contributed by atoms with van der Waals surface area (Å²) in [6.07, 6.45) is 3.92. The second-order valence-electron chi connectivity index (χ2n) is 6.75. The van der Waals surface area contributed by atoms with E-state index in [1.807, 2.05) is 0 Å². The summed E-state index contributed by atoms with van der Waals surface area (Å²) in [6.45, 7) is 0.567. The fourth-order valence-corrected chi connectivity index (χ4v) is 3.85. The molecule has 2 aliphatic carbocycles. The molecule has 0 saturated heterocycles. The lowest BCUT2D eigenvalue weighted by atomic mass is 10.2. The Labute approximate surface area is 142 Å². The minimum Gasteiger partial charge on any atom is -0.278 e.